The van der Waals surface area contributed by atoms with Gasteiger partial charge in [-0.05, 0) is 56.2 Å². The molecule has 1 aliphatic rings. The highest BCUT2D eigenvalue weighted by molar-refractivity contribution is 5.95. The average Bonchev–Trinajstić information content (AvgIpc) is 2.67. The summed E-state index contributed by atoms with van der Waals surface area (Å²) in [4.78, 5) is 31.1. The molecule has 2 amide bonds. The molecule has 0 saturated carbocycles. The van der Waals surface area contributed by atoms with Crippen LogP contribution in [0.3, 0.4) is 0 Å². The molecule has 136 valence electrons. The highest BCUT2D eigenvalue weighted by atomic mass is 19.1. The molecule has 1 saturated heterocycles. The van der Waals surface area contributed by atoms with Crippen LogP contribution in [0.25, 0.3) is 0 Å². The zero-order chi connectivity index (χ0) is 18.7. The molecule has 1 aromatic heterocycles. The first kappa shape index (κ1) is 18.0. The third-order valence-corrected chi connectivity index (χ3v) is 4.80. The number of nitrogens with zero attached hydrogens (tertiary/aromatic N) is 2. The Bertz CT molecular complexity index is 812. The van der Waals surface area contributed by atoms with Crippen LogP contribution in [0.1, 0.15) is 50.9 Å². The van der Waals surface area contributed by atoms with Crippen LogP contribution in [0, 0.1) is 12.7 Å². The minimum Gasteiger partial charge on any atom is -0.355 e. The number of hydrogen-bond acceptors (Lipinski definition) is 3. The van der Waals surface area contributed by atoms with Crippen LogP contribution in [0.2, 0.25) is 0 Å². The number of amides is 2. The lowest BCUT2D eigenvalue weighted by molar-refractivity contribution is 0.0710. The summed E-state index contributed by atoms with van der Waals surface area (Å²) in [7, 11) is 1.61. The Morgan fingerprint density at radius 1 is 1.12 bits per heavy atom. The predicted octanol–water partition coefficient (Wildman–Crippen LogP) is 2.91. The number of likely N-dealkylation sites (tertiary alicyclic amines) is 1. The maximum absolute atomic E-state index is 13.0. The Balaban J connectivity index is 1.73. The van der Waals surface area contributed by atoms with Gasteiger partial charge >= 0.3 is 0 Å². The summed E-state index contributed by atoms with van der Waals surface area (Å²) in [5.41, 5.74) is 2.77. The monoisotopic (exact) mass is 355 g/mol. The third kappa shape index (κ3) is 3.74. The van der Waals surface area contributed by atoms with Gasteiger partial charge in [0.05, 0.1) is 11.3 Å². The lowest BCUT2D eigenvalue weighted by Crippen LogP contribution is -2.38. The predicted molar refractivity (Wildman–Crippen MR) is 96.6 cm³/mol. The number of carbonyl (C=O) groups is 2. The second-order valence-corrected chi connectivity index (χ2v) is 6.54. The van der Waals surface area contributed by atoms with Crippen molar-refractivity contribution in [2.45, 2.75) is 25.7 Å². The number of pyridine rings is 1. The van der Waals surface area contributed by atoms with E-state index in [1.807, 2.05) is 19.1 Å². The van der Waals surface area contributed by atoms with Crippen molar-refractivity contribution in [2.24, 2.45) is 0 Å². The van der Waals surface area contributed by atoms with Gasteiger partial charge in [-0.15, -0.1) is 0 Å². The van der Waals surface area contributed by atoms with Gasteiger partial charge < -0.3 is 10.2 Å². The van der Waals surface area contributed by atoms with Gasteiger partial charge in [-0.2, -0.15) is 0 Å². The van der Waals surface area contributed by atoms with Crippen LogP contribution >= 0.6 is 0 Å². The van der Waals surface area contributed by atoms with Gasteiger partial charge in [-0.3, -0.25) is 14.6 Å². The molecule has 1 aliphatic heterocycles. The van der Waals surface area contributed by atoms with Gasteiger partial charge in [0.1, 0.15) is 5.82 Å². The molecule has 0 unspecified atom stereocenters. The normalized spacial score (nSPS) is 15.0. The van der Waals surface area contributed by atoms with E-state index in [0.717, 1.165) is 24.2 Å². The van der Waals surface area contributed by atoms with Gasteiger partial charge in [-0.1, -0.05) is 0 Å². The smallest absolute Gasteiger partial charge is 0.253 e. The topological polar surface area (TPSA) is 62.3 Å². The first-order valence-corrected chi connectivity index (χ1v) is 8.74. The van der Waals surface area contributed by atoms with Crippen LogP contribution in [-0.4, -0.2) is 41.8 Å². The first-order chi connectivity index (χ1) is 12.5. The van der Waals surface area contributed by atoms with E-state index in [9.17, 15) is 14.0 Å². The van der Waals surface area contributed by atoms with Crippen LogP contribution < -0.4 is 5.32 Å². The van der Waals surface area contributed by atoms with E-state index in [2.05, 4.69) is 10.3 Å². The molecule has 0 aliphatic carbocycles. The number of carbonyl (C=O) groups excluding carboxylic acids is 2. The van der Waals surface area contributed by atoms with Gasteiger partial charge in [0.15, 0.2) is 0 Å². The van der Waals surface area contributed by atoms with Gasteiger partial charge in [0, 0.05) is 37.3 Å². The molecule has 1 aromatic carbocycles. The van der Waals surface area contributed by atoms with E-state index in [1.165, 1.54) is 24.3 Å². The Hall–Kier alpha value is -2.76. The first-order valence-electron chi connectivity index (χ1n) is 8.74. The molecule has 0 bridgehead atoms. The van der Waals surface area contributed by atoms with Crippen LogP contribution in [-0.2, 0) is 0 Å². The molecule has 2 aromatic rings. The average molecular weight is 355 g/mol. The van der Waals surface area contributed by atoms with E-state index < -0.39 is 0 Å². The fourth-order valence-corrected chi connectivity index (χ4v) is 3.35. The minimum atomic E-state index is -0.354. The van der Waals surface area contributed by atoms with Crippen molar-refractivity contribution in [3.63, 3.8) is 0 Å². The summed E-state index contributed by atoms with van der Waals surface area (Å²) in [6.07, 6.45) is 1.49. The molecular formula is C20H22FN3O2. The molecule has 5 nitrogen and oxygen atoms in total. The Labute approximate surface area is 152 Å². The Morgan fingerprint density at radius 2 is 1.77 bits per heavy atom. The van der Waals surface area contributed by atoms with Crippen molar-refractivity contribution in [3.8, 4) is 0 Å². The van der Waals surface area contributed by atoms with Crippen molar-refractivity contribution >= 4 is 11.8 Å². The number of nitrogens with one attached hydrogen (secondary N) is 1. The molecule has 6 heteroatoms. The van der Waals surface area contributed by atoms with Gasteiger partial charge in [0.2, 0.25) is 0 Å². The van der Waals surface area contributed by atoms with E-state index in [0.29, 0.717) is 24.2 Å². The second-order valence-electron chi connectivity index (χ2n) is 6.54. The largest absolute Gasteiger partial charge is 0.355 e. The standard InChI is InChI=1S/C20H22FN3O2/c1-13-3-8-17(19(25)22-2)18(23-13)14-9-11-24(12-10-14)20(26)15-4-6-16(21)7-5-15/h3-8,14H,9-12H2,1-2H3,(H,22,25). The van der Waals surface area contributed by atoms with Gasteiger partial charge in [-0.25, -0.2) is 4.39 Å². The van der Waals surface area contributed by atoms with Crippen LogP contribution in [0.5, 0.6) is 0 Å². The zero-order valence-electron chi connectivity index (χ0n) is 15.0. The number of rotatable bonds is 3. The summed E-state index contributed by atoms with van der Waals surface area (Å²) in [5, 5.41) is 2.66. The van der Waals surface area contributed by atoms with E-state index in [4.69, 9.17) is 0 Å². The fourth-order valence-electron chi connectivity index (χ4n) is 3.35. The van der Waals surface area contributed by atoms with Crippen molar-refractivity contribution in [1.29, 1.82) is 0 Å². The molecule has 0 radical (unpaired) electrons. The molecule has 1 fully saturated rings. The summed E-state index contributed by atoms with van der Waals surface area (Å²) >= 11 is 0. The van der Waals surface area contributed by atoms with E-state index >= 15 is 0 Å². The number of benzene rings is 1. The summed E-state index contributed by atoms with van der Waals surface area (Å²) in [5.74, 6) is -0.448. The Kier molecular flexibility index (Phi) is 5.30. The second kappa shape index (κ2) is 7.64. The van der Waals surface area contributed by atoms with Gasteiger partial charge in [0.25, 0.3) is 11.8 Å². The maximum Gasteiger partial charge on any atom is 0.253 e. The molecule has 26 heavy (non-hydrogen) atoms. The van der Waals surface area contributed by atoms with Crippen molar-refractivity contribution in [1.82, 2.24) is 15.2 Å². The van der Waals surface area contributed by atoms with E-state index in [1.54, 1.807) is 11.9 Å². The number of halogens is 1. The molecule has 0 spiro atoms. The quantitative estimate of drug-likeness (QED) is 0.921. The third-order valence-electron chi connectivity index (χ3n) is 4.80. The van der Waals surface area contributed by atoms with Crippen LogP contribution in [0.4, 0.5) is 4.39 Å². The highest BCUT2D eigenvalue weighted by Crippen LogP contribution is 2.30. The SMILES string of the molecule is CNC(=O)c1ccc(C)nc1C1CCN(C(=O)c2ccc(F)cc2)CC1. The summed E-state index contributed by atoms with van der Waals surface area (Å²) in [6, 6.07) is 9.26. The lowest BCUT2D eigenvalue weighted by atomic mass is 9.89. The van der Waals surface area contributed by atoms with Crippen molar-refractivity contribution in [2.75, 3.05) is 20.1 Å². The van der Waals surface area contributed by atoms with Crippen molar-refractivity contribution in [3.05, 3.63) is 64.7 Å². The van der Waals surface area contributed by atoms with Crippen LogP contribution in [0.15, 0.2) is 36.4 Å². The fraction of sp³-hybridized carbons (Fsp3) is 0.350. The number of hydrogen-bond donors (Lipinski definition) is 1. The molecular weight excluding hydrogens is 333 g/mol. The molecule has 1 N–H and O–H groups in total. The van der Waals surface area contributed by atoms with Crippen molar-refractivity contribution < 1.29 is 14.0 Å². The van der Waals surface area contributed by atoms with E-state index in [-0.39, 0.29) is 23.5 Å². The maximum atomic E-state index is 13.0. The molecule has 3 rings (SSSR count). The highest BCUT2D eigenvalue weighted by Gasteiger charge is 2.28. The zero-order valence-corrected chi connectivity index (χ0v) is 15.0. The summed E-state index contributed by atoms with van der Waals surface area (Å²) < 4.78 is 13.0. The number of aryl methyl sites for hydroxylation is 1. The minimum absolute atomic E-state index is 0.0906. The lowest BCUT2D eigenvalue weighted by Gasteiger charge is -2.32. The molecule has 2 heterocycles. The summed E-state index contributed by atoms with van der Waals surface area (Å²) in [6.45, 7) is 3.08. The Morgan fingerprint density at radius 3 is 2.38 bits per heavy atom. The number of piperidine rings is 1. The molecule has 0 atom stereocenters. The number of aromatic nitrogens is 1.